The molecular weight excluding hydrogens is 667 g/mol. The van der Waals surface area contributed by atoms with E-state index in [-0.39, 0.29) is 28.5 Å². The van der Waals surface area contributed by atoms with Crippen molar-refractivity contribution in [2.24, 2.45) is 0 Å². The first-order valence-electron chi connectivity index (χ1n) is 12.8. The van der Waals surface area contributed by atoms with E-state index in [1.807, 2.05) is 140 Å². The molecule has 2 unspecified atom stereocenters. The molecule has 0 amide bonds. The molecule has 1 aliphatic heterocycles. The average Bonchev–Trinajstić information content (AvgIpc) is 3.00. The molecule has 4 nitrogen and oxygen atoms in total. The second-order valence-electron chi connectivity index (χ2n) is 9.66. The Morgan fingerprint density at radius 3 is 1.24 bits per heavy atom. The van der Waals surface area contributed by atoms with Crippen molar-refractivity contribution in [1.82, 2.24) is 6.15 Å². The van der Waals surface area contributed by atoms with Crippen LogP contribution in [0.5, 0.6) is 0 Å². The van der Waals surface area contributed by atoms with Crippen LogP contribution in [0.1, 0.15) is 22.8 Å². The van der Waals surface area contributed by atoms with Crippen molar-refractivity contribution in [3.05, 3.63) is 161 Å². The molecule has 1 saturated heterocycles. The monoisotopic (exact) mass is 693 g/mol. The molecule has 0 bridgehead atoms. The second kappa shape index (κ2) is 13.3. The van der Waals surface area contributed by atoms with Gasteiger partial charge in [0.25, 0.3) is 6.55 Å². The molecule has 1 heterocycles. The maximum atomic E-state index is 15.7. The molecule has 41 heavy (non-hydrogen) atoms. The van der Waals surface area contributed by atoms with Gasteiger partial charge in [-0.15, -0.1) is 10.9 Å². The van der Waals surface area contributed by atoms with E-state index in [2.05, 4.69) is 0 Å². The van der Waals surface area contributed by atoms with E-state index in [0.717, 1.165) is 22.1 Å². The fourth-order valence-electron chi connectivity index (χ4n) is 5.41. The van der Waals surface area contributed by atoms with E-state index in [1.54, 1.807) is 0 Å². The third kappa shape index (κ3) is 5.93. The van der Waals surface area contributed by atoms with Crippen LogP contribution < -0.4 is 22.4 Å². The van der Waals surface area contributed by atoms with Crippen molar-refractivity contribution in [2.45, 2.75) is 11.7 Å². The molecule has 212 valence electrons. The van der Waals surface area contributed by atoms with Gasteiger partial charge in [-0.25, -0.2) is 0 Å². The Morgan fingerprint density at radius 2 is 0.878 bits per heavy atom. The van der Waals surface area contributed by atoms with Crippen molar-refractivity contribution < 1.29 is 36.3 Å². The van der Waals surface area contributed by atoms with Crippen molar-refractivity contribution in [2.75, 3.05) is 0 Å². The summed E-state index contributed by atoms with van der Waals surface area (Å²) in [7, 11) is -3.50. The van der Waals surface area contributed by atoms with Crippen LogP contribution in [0.15, 0.2) is 140 Å². The summed E-state index contributed by atoms with van der Waals surface area (Å²) in [6, 6.07) is 44.1. The topological polar surface area (TPSA) is 70.5 Å². The Bertz CT molecular complexity index is 1510. The summed E-state index contributed by atoms with van der Waals surface area (Å²) in [5.41, 5.74) is 3.26. The number of hydrogen-bond acceptors (Lipinski definition) is 4. The standard InChI is InChI=1S/C32H25BCl2O3P.Ag.H3N/c34-28-20-16-24(17-21-28)31-37-33(26-10-4-1-5-11-26,27-12-6-2-7-13-27)38-32(25-18-22-29(35)23-19-25)39(31,36)30-14-8-3-9-15-30;;/h1-23,31-32H;;1H3/q-1;+1;. The molecule has 1 aliphatic rings. The minimum Gasteiger partial charge on any atom is -0.549 e. The van der Waals surface area contributed by atoms with Gasteiger partial charge >= 0.3 is 22.4 Å². The zero-order chi connectivity index (χ0) is 26.9. The summed E-state index contributed by atoms with van der Waals surface area (Å²) in [6.45, 7) is -2.28. The van der Waals surface area contributed by atoms with Gasteiger partial charge in [-0.2, -0.15) is 0 Å². The van der Waals surface area contributed by atoms with Gasteiger partial charge in [0.2, 0.25) is 0 Å². The largest absolute Gasteiger partial charge is 1.00 e. The Labute approximate surface area is 266 Å². The minimum atomic E-state index is -3.50. The van der Waals surface area contributed by atoms with E-state index in [0.29, 0.717) is 15.3 Å². The first kappa shape index (κ1) is 31.5. The van der Waals surface area contributed by atoms with Gasteiger partial charge in [0.1, 0.15) is 11.7 Å². The maximum absolute atomic E-state index is 15.7. The SMILES string of the molecule is N.O=P1(c2ccccc2)C(c2ccc(Cl)cc2)O[B-](c2ccccc2)(c2ccccc2)OC1c1ccc(Cl)cc1.[Ag+]. The Hall–Kier alpha value is -2.40. The average molecular weight is 695 g/mol. The smallest absolute Gasteiger partial charge is 0.549 e. The fraction of sp³-hybridized carbons (Fsp3) is 0.0625. The summed E-state index contributed by atoms with van der Waals surface area (Å²) >= 11 is 12.6. The summed E-state index contributed by atoms with van der Waals surface area (Å²) < 4.78 is 30.0. The molecule has 9 heteroatoms. The molecule has 5 aromatic rings. The second-order valence-corrected chi connectivity index (χ2v) is 13.4. The molecule has 1 fully saturated rings. The van der Waals surface area contributed by atoms with Gasteiger partial charge in [0.05, 0.1) is 0 Å². The Kier molecular flexibility index (Phi) is 10.2. The van der Waals surface area contributed by atoms with E-state index in [9.17, 15) is 0 Å². The van der Waals surface area contributed by atoms with Gasteiger partial charge in [0.15, 0.2) is 7.14 Å². The summed E-state index contributed by atoms with van der Waals surface area (Å²) in [4.78, 5) is 0. The fourth-order valence-corrected chi connectivity index (χ4v) is 9.02. The third-order valence-electron chi connectivity index (χ3n) is 7.28. The first-order valence-corrected chi connectivity index (χ1v) is 15.4. The van der Waals surface area contributed by atoms with Gasteiger partial charge in [0, 0.05) is 15.3 Å². The molecule has 5 aromatic carbocycles. The van der Waals surface area contributed by atoms with Crippen molar-refractivity contribution in [3.8, 4) is 0 Å². The summed E-state index contributed by atoms with van der Waals surface area (Å²) in [5, 5.41) is 1.87. The third-order valence-corrected chi connectivity index (χ3v) is 11.1. The van der Waals surface area contributed by atoms with Crippen LogP contribution in [-0.4, -0.2) is 6.55 Å². The van der Waals surface area contributed by atoms with Crippen LogP contribution in [0.2, 0.25) is 10.0 Å². The van der Waals surface area contributed by atoms with Gasteiger partial charge < -0.3 is 20.0 Å². The van der Waals surface area contributed by atoms with Crippen LogP contribution in [0.25, 0.3) is 0 Å². The Balaban J connectivity index is 0.00000194. The van der Waals surface area contributed by atoms with Crippen LogP contribution in [0.4, 0.5) is 0 Å². The molecule has 6 rings (SSSR count). The Morgan fingerprint density at radius 1 is 0.537 bits per heavy atom. The van der Waals surface area contributed by atoms with Crippen LogP contribution in [-0.2, 0) is 36.3 Å². The van der Waals surface area contributed by atoms with Gasteiger partial charge in [-0.3, -0.25) is 0 Å². The summed E-state index contributed by atoms with van der Waals surface area (Å²) in [6.07, 6.45) is 0. The van der Waals surface area contributed by atoms with E-state index >= 15 is 4.57 Å². The van der Waals surface area contributed by atoms with Crippen LogP contribution in [0, 0.1) is 0 Å². The zero-order valence-electron chi connectivity index (χ0n) is 21.9. The number of hydrogen-bond donors (Lipinski definition) is 1. The van der Waals surface area contributed by atoms with Crippen LogP contribution in [0.3, 0.4) is 0 Å². The molecule has 2 atom stereocenters. The number of rotatable bonds is 5. The number of halogens is 2. The molecule has 3 N–H and O–H groups in total. The predicted molar refractivity (Wildman–Crippen MR) is 167 cm³/mol. The number of benzene rings is 5. The quantitative estimate of drug-likeness (QED) is 0.150. The van der Waals surface area contributed by atoms with E-state index in [1.165, 1.54) is 0 Å². The van der Waals surface area contributed by atoms with Crippen molar-refractivity contribution in [3.63, 3.8) is 0 Å². The summed E-state index contributed by atoms with van der Waals surface area (Å²) in [5.74, 6) is -1.63. The van der Waals surface area contributed by atoms with Crippen molar-refractivity contribution >= 4 is 53.1 Å². The van der Waals surface area contributed by atoms with Gasteiger partial charge in [-0.05, 0) is 35.4 Å². The van der Waals surface area contributed by atoms with Crippen molar-refractivity contribution in [1.29, 1.82) is 0 Å². The molecule has 0 spiro atoms. The molecule has 0 aliphatic carbocycles. The molecule has 0 radical (unpaired) electrons. The minimum absolute atomic E-state index is 0. The zero-order valence-corrected chi connectivity index (χ0v) is 25.8. The first-order chi connectivity index (χ1) is 19.0. The van der Waals surface area contributed by atoms with E-state index < -0.39 is 25.4 Å². The van der Waals surface area contributed by atoms with Gasteiger partial charge in [-0.1, -0.05) is 138 Å². The van der Waals surface area contributed by atoms with Crippen LogP contribution >= 0.6 is 30.3 Å². The molecule has 0 saturated carbocycles. The predicted octanol–water partition coefficient (Wildman–Crippen LogP) is 7.84. The maximum Gasteiger partial charge on any atom is 1.00 e. The molecule has 0 aromatic heterocycles. The molecular formula is C32H28AgBCl2NO3P. The van der Waals surface area contributed by atoms with E-state index in [4.69, 9.17) is 32.5 Å². The normalized spacial score (nSPS) is 21.2.